The topological polar surface area (TPSA) is 83.0 Å². The Hall–Kier alpha value is -2.54. The van der Waals surface area contributed by atoms with Crippen molar-refractivity contribution in [2.24, 2.45) is 5.10 Å². The van der Waals surface area contributed by atoms with Gasteiger partial charge in [-0.05, 0) is 38.1 Å². The number of rotatable bonds is 7. The third-order valence-electron chi connectivity index (χ3n) is 3.27. The summed E-state index contributed by atoms with van der Waals surface area (Å²) >= 11 is 3.34. The first-order chi connectivity index (χ1) is 12.0. The van der Waals surface area contributed by atoms with Crippen molar-refractivity contribution in [3.05, 3.63) is 52.0 Å². The van der Waals surface area contributed by atoms with E-state index in [4.69, 9.17) is 4.74 Å². The van der Waals surface area contributed by atoms with E-state index < -0.39 is 0 Å². The number of ether oxygens (including phenoxy) is 1. The van der Waals surface area contributed by atoms with Crippen LogP contribution < -0.4 is 15.5 Å². The summed E-state index contributed by atoms with van der Waals surface area (Å²) in [7, 11) is 0. The van der Waals surface area contributed by atoms with Gasteiger partial charge in [0.2, 0.25) is 0 Å². The fourth-order valence-electron chi connectivity index (χ4n) is 2.03. The summed E-state index contributed by atoms with van der Waals surface area (Å²) in [6, 6.07) is 11.1. The molecule has 0 aromatic heterocycles. The quantitative estimate of drug-likeness (QED) is 0.486. The molecule has 0 aliphatic rings. The van der Waals surface area contributed by atoms with Crippen LogP contribution >= 0.6 is 15.9 Å². The Balaban J connectivity index is 1.91. The van der Waals surface area contributed by atoms with Crippen LogP contribution in [-0.2, 0) is 4.79 Å². The number of carbonyl (C=O) groups is 1. The molecule has 0 heterocycles. The molecule has 0 radical (unpaired) electrons. The number of hydrogen-bond acceptors (Lipinski definition) is 5. The fourth-order valence-corrected chi connectivity index (χ4v) is 2.48. The zero-order valence-corrected chi connectivity index (χ0v) is 15.6. The lowest BCUT2D eigenvalue weighted by Crippen LogP contribution is -2.25. The second kappa shape index (κ2) is 9.08. The van der Waals surface area contributed by atoms with Gasteiger partial charge in [-0.1, -0.05) is 33.6 Å². The summed E-state index contributed by atoms with van der Waals surface area (Å²) in [5.41, 5.74) is 4.86. The standard InChI is InChI=1S/C18H20BrN3O3/c1-3-25-16-9-14(19)8-13(18(16)24)10-21-22-17(23)11-20-15-6-4-12(2)5-7-15/h4-10,20,24H,3,11H2,1-2H3,(H,22,23)/b21-10+. The van der Waals surface area contributed by atoms with E-state index >= 15 is 0 Å². The van der Waals surface area contributed by atoms with Crippen LogP contribution in [0.2, 0.25) is 0 Å². The van der Waals surface area contributed by atoms with E-state index in [1.807, 2.05) is 38.1 Å². The van der Waals surface area contributed by atoms with Crippen molar-refractivity contribution >= 4 is 33.7 Å². The Morgan fingerprint density at radius 1 is 1.32 bits per heavy atom. The lowest BCUT2D eigenvalue weighted by Gasteiger charge is -2.09. The number of phenols is 1. The third kappa shape index (κ3) is 5.79. The van der Waals surface area contributed by atoms with Crippen LogP contribution in [0.1, 0.15) is 18.1 Å². The molecule has 25 heavy (non-hydrogen) atoms. The molecular formula is C18H20BrN3O3. The minimum atomic E-state index is -0.295. The molecule has 0 spiro atoms. The Bertz CT molecular complexity index is 761. The predicted molar refractivity (Wildman–Crippen MR) is 102 cm³/mol. The van der Waals surface area contributed by atoms with E-state index in [0.29, 0.717) is 17.9 Å². The number of aryl methyl sites for hydroxylation is 1. The fraction of sp³-hybridized carbons (Fsp3) is 0.222. The van der Waals surface area contributed by atoms with Gasteiger partial charge in [-0.15, -0.1) is 0 Å². The normalized spacial score (nSPS) is 10.7. The number of phenolic OH excluding ortho intramolecular Hbond substituents is 1. The van der Waals surface area contributed by atoms with Gasteiger partial charge in [-0.3, -0.25) is 4.79 Å². The number of amides is 1. The van der Waals surface area contributed by atoms with Crippen LogP contribution in [0.15, 0.2) is 46.0 Å². The van der Waals surface area contributed by atoms with Crippen molar-refractivity contribution in [1.29, 1.82) is 0 Å². The van der Waals surface area contributed by atoms with Gasteiger partial charge in [-0.2, -0.15) is 5.10 Å². The SMILES string of the molecule is CCOc1cc(Br)cc(/C=N/NC(=O)CNc2ccc(C)cc2)c1O. The molecule has 2 rings (SSSR count). The molecule has 3 N–H and O–H groups in total. The maximum absolute atomic E-state index is 11.8. The summed E-state index contributed by atoms with van der Waals surface area (Å²) in [6.07, 6.45) is 1.37. The molecule has 0 aliphatic carbocycles. The number of halogens is 1. The van der Waals surface area contributed by atoms with Crippen molar-refractivity contribution in [3.63, 3.8) is 0 Å². The average Bonchev–Trinajstić information content (AvgIpc) is 2.58. The molecule has 0 saturated heterocycles. The summed E-state index contributed by atoms with van der Waals surface area (Å²) in [6.45, 7) is 4.35. The van der Waals surface area contributed by atoms with Crippen LogP contribution in [0, 0.1) is 6.92 Å². The van der Waals surface area contributed by atoms with Crippen molar-refractivity contribution in [1.82, 2.24) is 5.43 Å². The lowest BCUT2D eigenvalue weighted by atomic mass is 10.2. The zero-order valence-electron chi connectivity index (χ0n) is 14.0. The third-order valence-corrected chi connectivity index (χ3v) is 3.72. The van der Waals surface area contributed by atoms with E-state index in [0.717, 1.165) is 15.7 Å². The van der Waals surface area contributed by atoms with Gasteiger partial charge < -0.3 is 15.2 Å². The Kier molecular flexibility index (Phi) is 6.82. The van der Waals surface area contributed by atoms with E-state index in [1.54, 1.807) is 12.1 Å². The van der Waals surface area contributed by atoms with Crippen LogP contribution in [0.4, 0.5) is 5.69 Å². The molecule has 132 valence electrons. The Labute approximate surface area is 155 Å². The van der Waals surface area contributed by atoms with Gasteiger partial charge in [0, 0.05) is 15.7 Å². The van der Waals surface area contributed by atoms with Crippen LogP contribution in [0.25, 0.3) is 0 Å². The van der Waals surface area contributed by atoms with Crippen LogP contribution in [0.3, 0.4) is 0 Å². The molecule has 0 fully saturated rings. The number of anilines is 1. The van der Waals surface area contributed by atoms with E-state index in [1.165, 1.54) is 6.21 Å². The van der Waals surface area contributed by atoms with Crippen LogP contribution in [-0.4, -0.2) is 30.4 Å². The van der Waals surface area contributed by atoms with E-state index in [-0.39, 0.29) is 18.2 Å². The highest BCUT2D eigenvalue weighted by Gasteiger charge is 2.09. The summed E-state index contributed by atoms with van der Waals surface area (Å²) < 4.78 is 6.08. The number of benzene rings is 2. The number of hydrogen-bond donors (Lipinski definition) is 3. The highest BCUT2D eigenvalue weighted by molar-refractivity contribution is 9.10. The molecule has 2 aromatic rings. The molecule has 6 nitrogen and oxygen atoms in total. The molecule has 2 aromatic carbocycles. The summed E-state index contributed by atoms with van der Waals surface area (Å²) in [4.78, 5) is 11.8. The second-order valence-corrected chi connectivity index (χ2v) is 6.20. The van der Waals surface area contributed by atoms with Gasteiger partial charge in [0.25, 0.3) is 5.91 Å². The summed E-state index contributed by atoms with van der Waals surface area (Å²) in [5.74, 6) is 0.0304. The van der Waals surface area contributed by atoms with Crippen molar-refractivity contribution in [2.45, 2.75) is 13.8 Å². The number of hydrazone groups is 1. The second-order valence-electron chi connectivity index (χ2n) is 5.29. The maximum Gasteiger partial charge on any atom is 0.259 e. The average molecular weight is 406 g/mol. The molecule has 7 heteroatoms. The molecule has 0 saturated carbocycles. The number of nitrogens with zero attached hydrogens (tertiary/aromatic N) is 1. The van der Waals surface area contributed by atoms with E-state index in [9.17, 15) is 9.90 Å². The molecule has 0 unspecified atom stereocenters. The monoisotopic (exact) mass is 405 g/mol. The first-order valence-electron chi connectivity index (χ1n) is 7.77. The van der Waals surface area contributed by atoms with Gasteiger partial charge in [0.05, 0.1) is 19.4 Å². The van der Waals surface area contributed by atoms with E-state index in [2.05, 4.69) is 31.8 Å². The number of aromatic hydroxyl groups is 1. The molecule has 0 aliphatic heterocycles. The number of nitrogens with one attached hydrogen (secondary N) is 2. The molecule has 0 bridgehead atoms. The first kappa shape index (κ1) is 18.8. The maximum atomic E-state index is 11.8. The van der Waals surface area contributed by atoms with Gasteiger partial charge in [0.1, 0.15) is 0 Å². The Morgan fingerprint density at radius 3 is 2.72 bits per heavy atom. The number of carbonyl (C=O) groups excluding carboxylic acids is 1. The van der Waals surface area contributed by atoms with Gasteiger partial charge >= 0.3 is 0 Å². The summed E-state index contributed by atoms with van der Waals surface area (Å²) in [5, 5.41) is 17.0. The van der Waals surface area contributed by atoms with Crippen LogP contribution in [0.5, 0.6) is 11.5 Å². The van der Waals surface area contributed by atoms with Crippen molar-refractivity contribution in [3.8, 4) is 11.5 Å². The molecule has 1 amide bonds. The highest BCUT2D eigenvalue weighted by Crippen LogP contribution is 2.32. The largest absolute Gasteiger partial charge is 0.504 e. The zero-order chi connectivity index (χ0) is 18.2. The van der Waals surface area contributed by atoms with Crippen molar-refractivity contribution < 1.29 is 14.6 Å². The Morgan fingerprint density at radius 2 is 2.04 bits per heavy atom. The smallest absolute Gasteiger partial charge is 0.259 e. The minimum Gasteiger partial charge on any atom is -0.504 e. The molecular weight excluding hydrogens is 386 g/mol. The minimum absolute atomic E-state index is 0.0270. The predicted octanol–water partition coefficient (Wildman–Crippen LogP) is 3.42. The molecule has 0 atom stereocenters. The lowest BCUT2D eigenvalue weighted by molar-refractivity contribution is -0.119. The van der Waals surface area contributed by atoms with Crippen molar-refractivity contribution in [2.75, 3.05) is 18.5 Å². The van der Waals surface area contributed by atoms with Gasteiger partial charge in [0.15, 0.2) is 11.5 Å². The highest BCUT2D eigenvalue weighted by atomic mass is 79.9. The first-order valence-corrected chi connectivity index (χ1v) is 8.56. The van der Waals surface area contributed by atoms with Gasteiger partial charge in [-0.25, -0.2) is 5.43 Å².